The highest BCUT2D eigenvalue weighted by Gasteiger charge is 1.99. The summed E-state index contributed by atoms with van der Waals surface area (Å²) < 4.78 is 23.1. The van der Waals surface area contributed by atoms with Crippen molar-refractivity contribution in [3.63, 3.8) is 0 Å². The van der Waals surface area contributed by atoms with E-state index in [-0.39, 0.29) is 5.75 Å². The molecule has 0 fully saturated rings. The third-order valence-electron chi connectivity index (χ3n) is 1.37. The molecule has 1 rings (SSSR count). The van der Waals surface area contributed by atoms with Gasteiger partial charge in [0.1, 0.15) is 9.84 Å². The zero-order valence-electron chi connectivity index (χ0n) is 6.90. The van der Waals surface area contributed by atoms with Crippen molar-refractivity contribution in [3.8, 4) is 0 Å². The highest BCUT2D eigenvalue weighted by Crippen LogP contribution is 1.86. The van der Waals surface area contributed by atoms with Crippen LogP contribution < -0.4 is 5.43 Å². The molecule has 1 aromatic heterocycles. The van der Waals surface area contributed by atoms with E-state index >= 15 is 0 Å². The first kappa shape index (κ1) is 9.12. The largest absolute Gasteiger partial charge is 0.325 e. The normalized spacial score (nSPS) is 11.4. The molecule has 68 valence electrons. The van der Waals surface area contributed by atoms with Crippen molar-refractivity contribution in [2.24, 2.45) is 0 Å². The third kappa shape index (κ3) is 3.43. The van der Waals surface area contributed by atoms with Crippen LogP contribution in [0.5, 0.6) is 0 Å². The Balaban J connectivity index is 2.29. The molecule has 0 bridgehead atoms. The number of hydrogen-bond acceptors (Lipinski definition) is 3. The molecule has 0 spiro atoms. The molecular weight excluding hydrogens is 176 g/mol. The van der Waals surface area contributed by atoms with Crippen LogP contribution in [0.1, 0.15) is 0 Å². The van der Waals surface area contributed by atoms with E-state index in [1.807, 2.05) is 24.5 Å². The van der Waals surface area contributed by atoms with Crippen molar-refractivity contribution < 1.29 is 8.42 Å². The average molecular weight is 188 g/mol. The zero-order valence-corrected chi connectivity index (χ0v) is 7.71. The molecule has 4 nitrogen and oxygen atoms in total. The molecule has 1 N–H and O–H groups in total. The van der Waals surface area contributed by atoms with Crippen molar-refractivity contribution in [3.05, 3.63) is 24.5 Å². The van der Waals surface area contributed by atoms with Crippen LogP contribution in [-0.2, 0) is 9.84 Å². The number of aromatic nitrogens is 1. The summed E-state index contributed by atoms with van der Waals surface area (Å²) in [4.78, 5) is 0. The monoisotopic (exact) mass is 188 g/mol. The molecule has 0 aliphatic heterocycles. The van der Waals surface area contributed by atoms with Crippen molar-refractivity contribution in [2.45, 2.75) is 0 Å². The minimum atomic E-state index is -2.85. The number of sulfone groups is 1. The first-order valence-corrected chi connectivity index (χ1v) is 5.68. The first-order chi connectivity index (χ1) is 5.58. The Morgan fingerprint density at radius 3 is 2.42 bits per heavy atom. The van der Waals surface area contributed by atoms with E-state index in [1.54, 1.807) is 4.68 Å². The Bertz CT molecular complexity index is 315. The van der Waals surface area contributed by atoms with Crippen molar-refractivity contribution in [1.82, 2.24) is 4.68 Å². The number of rotatable bonds is 4. The van der Waals surface area contributed by atoms with Gasteiger partial charge >= 0.3 is 0 Å². The Morgan fingerprint density at radius 1 is 1.33 bits per heavy atom. The van der Waals surface area contributed by atoms with Gasteiger partial charge in [0, 0.05) is 25.2 Å². The number of hydrogen-bond donors (Lipinski definition) is 1. The predicted molar refractivity (Wildman–Crippen MR) is 48.4 cm³/mol. The zero-order chi connectivity index (χ0) is 9.03. The van der Waals surface area contributed by atoms with Gasteiger partial charge in [-0.05, 0) is 12.1 Å². The van der Waals surface area contributed by atoms with Gasteiger partial charge in [-0.2, -0.15) is 0 Å². The quantitative estimate of drug-likeness (QED) is 0.727. The maximum atomic E-state index is 10.7. The topological polar surface area (TPSA) is 51.1 Å². The minimum absolute atomic E-state index is 0.158. The average Bonchev–Trinajstić information content (AvgIpc) is 2.36. The van der Waals surface area contributed by atoms with Crippen LogP contribution in [0, 0.1) is 0 Å². The van der Waals surface area contributed by atoms with Gasteiger partial charge in [0.2, 0.25) is 0 Å². The van der Waals surface area contributed by atoms with Gasteiger partial charge in [0.15, 0.2) is 0 Å². The highest BCUT2D eigenvalue weighted by atomic mass is 32.2. The van der Waals surface area contributed by atoms with Gasteiger partial charge < -0.3 is 5.43 Å². The van der Waals surface area contributed by atoms with Gasteiger partial charge in [-0.25, -0.2) is 8.42 Å². The van der Waals surface area contributed by atoms with Crippen LogP contribution in [0.25, 0.3) is 0 Å². The summed E-state index contributed by atoms with van der Waals surface area (Å²) in [6.07, 6.45) is 4.87. The summed E-state index contributed by atoms with van der Waals surface area (Å²) >= 11 is 0. The maximum absolute atomic E-state index is 10.7. The van der Waals surface area contributed by atoms with Gasteiger partial charge in [-0.15, -0.1) is 0 Å². The van der Waals surface area contributed by atoms with E-state index in [1.165, 1.54) is 6.26 Å². The highest BCUT2D eigenvalue weighted by molar-refractivity contribution is 7.90. The van der Waals surface area contributed by atoms with Crippen LogP contribution in [0.4, 0.5) is 0 Å². The molecule has 12 heavy (non-hydrogen) atoms. The van der Waals surface area contributed by atoms with E-state index in [0.29, 0.717) is 6.54 Å². The maximum Gasteiger partial charge on any atom is 0.149 e. The fourth-order valence-corrected chi connectivity index (χ4v) is 1.26. The third-order valence-corrected chi connectivity index (χ3v) is 2.32. The van der Waals surface area contributed by atoms with E-state index in [9.17, 15) is 8.42 Å². The molecule has 5 heteroatoms. The minimum Gasteiger partial charge on any atom is -0.325 e. The van der Waals surface area contributed by atoms with Gasteiger partial charge in [0.25, 0.3) is 0 Å². The van der Waals surface area contributed by atoms with Crippen LogP contribution in [-0.4, -0.2) is 31.6 Å². The summed E-state index contributed by atoms with van der Waals surface area (Å²) in [5.74, 6) is 0.158. The molecule has 0 saturated heterocycles. The van der Waals surface area contributed by atoms with E-state index in [4.69, 9.17) is 0 Å². The van der Waals surface area contributed by atoms with Crippen LogP contribution in [0.2, 0.25) is 0 Å². The standard InChI is InChI=1S/C7H12N2O2S/c1-12(10,11)7-4-8-9-5-2-3-6-9/h2-3,5-6,8H,4,7H2,1H3. The second kappa shape index (κ2) is 3.62. The van der Waals surface area contributed by atoms with Gasteiger partial charge in [-0.1, -0.05) is 0 Å². The molecule has 0 atom stereocenters. The molecule has 0 aliphatic carbocycles. The molecule has 0 radical (unpaired) electrons. The smallest absolute Gasteiger partial charge is 0.149 e. The molecule has 0 aliphatic rings. The SMILES string of the molecule is CS(=O)(=O)CCNn1cccc1. The predicted octanol–water partition coefficient (Wildman–Crippen LogP) is 0.0762. The molecule has 1 heterocycles. The summed E-state index contributed by atoms with van der Waals surface area (Å²) in [5.41, 5.74) is 2.92. The summed E-state index contributed by atoms with van der Waals surface area (Å²) in [5, 5.41) is 0. The van der Waals surface area contributed by atoms with Crippen LogP contribution >= 0.6 is 0 Å². The molecule has 1 aromatic rings. The Morgan fingerprint density at radius 2 is 1.92 bits per heavy atom. The lowest BCUT2D eigenvalue weighted by Gasteiger charge is -2.05. The fourth-order valence-electron chi connectivity index (χ4n) is 0.800. The summed E-state index contributed by atoms with van der Waals surface area (Å²) in [6.45, 7) is 0.438. The van der Waals surface area contributed by atoms with E-state index in [0.717, 1.165) is 0 Å². The van der Waals surface area contributed by atoms with Gasteiger partial charge in [0.05, 0.1) is 5.75 Å². The molecule has 0 aromatic carbocycles. The Kier molecular flexibility index (Phi) is 2.75. The lowest BCUT2D eigenvalue weighted by Crippen LogP contribution is -2.20. The lowest BCUT2D eigenvalue weighted by atomic mass is 10.7. The van der Waals surface area contributed by atoms with Crippen molar-refractivity contribution in [2.75, 3.05) is 24.0 Å². The van der Waals surface area contributed by atoms with Crippen molar-refractivity contribution >= 4 is 9.84 Å². The number of nitrogens with one attached hydrogen (secondary N) is 1. The number of nitrogens with zero attached hydrogens (tertiary/aromatic N) is 1. The Labute approximate surface area is 72.1 Å². The molecular formula is C7H12N2O2S. The molecule has 0 saturated carbocycles. The fraction of sp³-hybridized carbons (Fsp3) is 0.429. The Hall–Kier alpha value is -0.970. The van der Waals surface area contributed by atoms with E-state index < -0.39 is 9.84 Å². The second-order valence-electron chi connectivity index (χ2n) is 2.63. The summed E-state index contributed by atoms with van der Waals surface area (Å²) in [7, 11) is -2.85. The second-order valence-corrected chi connectivity index (χ2v) is 4.89. The first-order valence-electron chi connectivity index (χ1n) is 3.62. The van der Waals surface area contributed by atoms with Crippen LogP contribution in [0.15, 0.2) is 24.5 Å². The van der Waals surface area contributed by atoms with Gasteiger partial charge in [-0.3, -0.25) is 4.68 Å². The van der Waals surface area contributed by atoms with Crippen molar-refractivity contribution in [1.29, 1.82) is 0 Å². The lowest BCUT2D eigenvalue weighted by molar-refractivity contribution is 0.601. The summed E-state index contributed by atoms with van der Waals surface area (Å²) in [6, 6.07) is 3.74. The molecule has 0 amide bonds. The molecule has 0 unspecified atom stereocenters. The van der Waals surface area contributed by atoms with E-state index in [2.05, 4.69) is 5.43 Å². The van der Waals surface area contributed by atoms with Crippen LogP contribution in [0.3, 0.4) is 0 Å².